The minimum atomic E-state index is -3.77. The number of carbonyl (C=O) groups is 1. The van der Waals surface area contributed by atoms with Crippen LogP contribution in [0.1, 0.15) is 18.3 Å². The first-order valence-corrected chi connectivity index (χ1v) is 11.5. The molecule has 0 radical (unpaired) electrons. The van der Waals surface area contributed by atoms with Crippen LogP contribution in [0.3, 0.4) is 0 Å². The molecule has 2 aromatic carbocycles. The monoisotopic (exact) mass is 442 g/mol. The molecule has 3 rings (SSSR count). The van der Waals surface area contributed by atoms with Gasteiger partial charge in [-0.05, 0) is 75.0 Å². The Morgan fingerprint density at radius 3 is 2.17 bits per heavy atom. The van der Waals surface area contributed by atoms with Gasteiger partial charge in [0.25, 0.3) is 0 Å². The van der Waals surface area contributed by atoms with Crippen molar-refractivity contribution >= 4 is 33.4 Å². The zero-order chi connectivity index (χ0) is 21.7. The van der Waals surface area contributed by atoms with E-state index in [2.05, 4.69) is 20.0 Å². The summed E-state index contributed by atoms with van der Waals surface area (Å²) in [6.07, 6.45) is 0. The molecule has 1 aromatic heterocycles. The molecule has 0 unspecified atom stereocenters. The van der Waals surface area contributed by atoms with Crippen LogP contribution >= 0.6 is 11.8 Å². The van der Waals surface area contributed by atoms with E-state index >= 15 is 0 Å². The van der Waals surface area contributed by atoms with Crippen molar-refractivity contribution in [1.82, 2.24) is 14.7 Å². The van der Waals surface area contributed by atoms with E-state index in [1.165, 1.54) is 30.8 Å². The second-order valence-electron chi connectivity index (χ2n) is 6.70. The van der Waals surface area contributed by atoms with Crippen molar-refractivity contribution in [2.45, 2.75) is 41.8 Å². The third kappa shape index (κ3) is 5.88. The summed E-state index contributed by atoms with van der Waals surface area (Å²) in [6.45, 7) is 5.34. The predicted molar refractivity (Wildman–Crippen MR) is 117 cm³/mol. The van der Waals surface area contributed by atoms with Gasteiger partial charge in [-0.3, -0.25) is 4.79 Å². The number of hydrogen-bond donors (Lipinski definition) is 2. The number of carbonyl (C=O) groups excluding carboxylic acids is 1. The lowest BCUT2D eigenvalue weighted by atomic mass is 10.3. The molecule has 9 heteroatoms. The van der Waals surface area contributed by atoms with Gasteiger partial charge in [0.15, 0.2) is 5.16 Å². The SMILES string of the molecule is Cc1cc(C)nc(Sc2ccc(NC(=O)[C@H](C)NS(=O)(=O)c3ccccc3)cc2)n1. The molecule has 156 valence electrons. The molecule has 0 saturated heterocycles. The molecule has 1 atom stereocenters. The average Bonchev–Trinajstić information content (AvgIpc) is 2.69. The van der Waals surface area contributed by atoms with Crippen molar-refractivity contribution in [3.8, 4) is 0 Å². The van der Waals surface area contributed by atoms with Crippen molar-refractivity contribution in [3.63, 3.8) is 0 Å². The lowest BCUT2D eigenvalue weighted by Crippen LogP contribution is -2.41. The summed E-state index contributed by atoms with van der Waals surface area (Å²) in [5, 5.41) is 3.38. The number of benzene rings is 2. The van der Waals surface area contributed by atoms with E-state index in [0.29, 0.717) is 10.8 Å². The van der Waals surface area contributed by atoms with Gasteiger partial charge in [-0.1, -0.05) is 18.2 Å². The first kappa shape index (κ1) is 21.9. The fourth-order valence-corrected chi connectivity index (χ4v) is 4.74. The summed E-state index contributed by atoms with van der Waals surface area (Å²) in [7, 11) is -3.77. The van der Waals surface area contributed by atoms with Crippen LogP contribution in [0.2, 0.25) is 0 Å². The summed E-state index contributed by atoms with van der Waals surface area (Å²) < 4.78 is 27.1. The van der Waals surface area contributed by atoms with Gasteiger partial charge in [0, 0.05) is 22.0 Å². The average molecular weight is 443 g/mol. The molecule has 0 fully saturated rings. The van der Waals surface area contributed by atoms with Gasteiger partial charge in [0.1, 0.15) is 0 Å². The third-order valence-corrected chi connectivity index (χ3v) is 6.50. The van der Waals surface area contributed by atoms with E-state index in [4.69, 9.17) is 0 Å². The number of hydrogen-bond acceptors (Lipinski definition) is 6. The number of anilines is 1. The molecule has 0 aliphatic rings. The minimum absolute atomic E-state index is 0.111. The van der Waals surface area contributed by atoms with Crippen LogP contribution in [-0.4, -0.2) is 30.3 Å². The zero-order valence-electron chi connectivity index (χ0n) is 16.8. The van der Waals surface area contributed by atoms with E-state index in [1.807, 2.05) is 32.0 Å². The van der Waals surface area contributed by atoms with Crippen LogP contribution in [0.5, 0.6) is 0 Å². The molecule has 2 N–H and O–H groups in total. The van der Waals surface area contributed by atoms with Crippen molar-refractivity contribution in [2.24, 2.45) is 0 Å². The largest absolute Gasteiger partial charge is 0.325 e. The molecular formula is C21H22N4O3S2. The molecule has 0 aliphatic heterocycles. The third-order valence-electron chi connectivity index (χ3n) is 4.07. The molecule has 1 heterocycles. The fourth-order valence-electron chi connectivity index (χ4n) is 2.66. The highest BCUT2D eigenvalue weighted by Gasteiger charge is 2.21. The lowest BCUT2D eigenvalue weighted by Gasteiger charge is -2.14. The summed E-state index contributed by atoms with van der Waals surface area (Å²) >= 11 is 1.43. The Balaban J connectivity index is 1.61. The van der Waals surface area contributed by atoms with Gasteiger partial charge in [0.05, 0.1) is 10.9 Å². The molecule has 0 aliphatic carbocycles. The smallest absolute Gasteiger partial charge is 0.242 e. The van der Waals surface area contributed by atoms with Crippen LogP contribution in [0, 0.1) is 13.8 Å². The lowest BCUT2D eigenvalue weighted by molar-refractivity contribution is -0.117. The topological polar surface area (TPSA) is 101 Å². The predicted octanol–water partition coefficient (Wildman–Crippen LogP) is 3.55. The quantitative estimate of drug-likeness (QED) is 0.543. The van der Waals surface area contributed by atoms with Gasteiger partial charge in [-0.2, -0.15) is 4.72 Å². The standard InChI is InChI=1S/C21H22N4O3S2/c1-14-13-15(2)23-21(22-14)29-18-11-9-17(10-12-18)24-20(26)16(3)25-30(27,28)19-7-5-4-6-8-19/h4-13,16,25H,1-3H3,(H,24,26)/t16-/m0/s1. The number of amides is 1. The summed E-state index contributed by atoms with van der Waals surface area (Å²) in [4.78, 5) is 22.2. The fraction of sp³-hybridized carbons (Fsp3) is 0.190. The molecular weight excluding hydrogens is 420 g/mol. The van der Waals surface area contributed by atoms with Gasteiger partial charge in [-0.15, -0.1) is 0 Å². The van der Waals surface area contributed by atoms with Crippen molar-refractivity contribution in [1.29, 1.82) is 0 Å². The molecule has 0 saturated carbocycles. The molecule has 30 heavy (non-hydrogen) atoms. The maximum Gasteiger partial charge on any atom is 0.242 e. The van der Waals surface area contributed by atoms with Gasteiger partial charge in [0.2, 0.25) is 15.9 Å². The Kier molecular flexibility index (Phi) is 6.86. The Morgan fingerprint density at radius 1 is 0.967 bits per heavy atom. The van der Waals surface area contributed by atoms with Gasteiger partial charge >= 0.3 is 0 Å². The molecule has 7 nitrogen and oxygen atoms in total. The Morgan fingerprint density at radius 2 is 1.57 bits per heavy atom. The number of rotatable bonds is 7. The van der Waals surface area contributed by atoms with Gasteiger partial charge < -0.3 is 5.32 Å². The maximum absolute atomic E-state index is 12.4. The first-order valence-electron chi connectivity index (χ1n) is 9.21. The van der Waals surface area contributed by atoms with E-state index in [-0.39, 0.29) is 4.90 Å². The second kappa shape index (κ2) is 9.38. The highest BCUT2D eigenvalue weighted by Crippen LogP contribution is 2.26. The van der Waals surface area contributed by atoms with E-state index in [1.54, 1.807) is 30.3 Å². The first-order chi connectivity index (χ1) is 14.2. The van der Waals surface area contributed by atoms with Crippen LogP contribution < -0.4 is 10.0 Å². The van der Waals surface area contributed by atoms with Crippen LogP contribution in [0.25, 0.3) is 0 Å². The van der Waals surface area contributed by atoms with Crippen molar-refractivity contribution in [2.75, 3.05) is 5.32 Å². The number of sulfonamides is 1. The zero-order valence-corrected chi connectivity index (χ0v) is 18.4. The van der Waals surface area contributed by atoms with Crippen molar-refractivity contribution in [3.05, 3.63) is 72.1 Å². The van der Waals surface area contributed by atoms with Crippen molar-refractivity contribution < 1.29 is 13.2 Å². The van der Waals surface area contributed by atoms with Crippen LogP contribution in [0.4, 0.5) is 5.69 Å². The van der Waals surface area contributed by atoms with E-state index < -0.39 is 22.0 Å². The van der Waals surface area contributed by atoms with Crippen LogP contribution in [0.15, 0.2) is 75.6 Å². The molecule has 1 amide bonds. The summed E-state index contributed by atoms with van der Waals surface area (Å²) in [5.74, 6) is -0.451. The maximum atomic E-state index is 12.4. The van der Waals surface area contributed by atoms with E-state index in [0.717, 1.165) is 16.3 Å². The Labute approximate surface area is 180 Å². The number of nitrogens with zero attached hydrogens (tertiary/aromatic N) is 2. The molecule has 0 bridgehead atoms. The highest BCUT2D eigenvalue weighted by molar-refractivity contribution is 7.99. The number of aromatic nitrogens is 2. The van der Waals surface area contributed by atoms with Gasteiger partial charge in [-0.25, -0.2) is 18.4 Å². The minimum Gasteiger partial charge on any atom is -0.325 e. The van der Waals surface area contributed by atoms with Crippen LogP contribution in [-0.2, 0) is 14.8 Å². The summed E-state index contributed by atoms with van der Waals surface area (Å²) in [5.41, 5.74) is 2.37. The Hall–Kier alpha value is -2.75. The molecule has 3 aromatic rings. The number of aryl methyl sites for hydroxylation is 2. The molecule has 0 spiro atoms. The second-order valence-corrected chi connectivity index (χ2v) is 9.46. The normalized spacial score (nSPS) is 12.4. The van der Waals surface area contributed by atoms with E-state index in [9.17, 15) is 13.2 Å². The number of nitrogens with one attached hydrogen (secondary N) is 2. The Bertz CT molecular complexity index is 1110. The summed E-state index contributed by atoms with van der Waals surface area (Å²) in [6, 6.07) is 16.1. The highest BCUT2D eigenvalue weighted by atomic mass is 32.2.